The summed E-state index contributed by atoms with van der Waals surface area (Å²) < 4.78 is 10.9. The van der Waals surface area contributed by atoms with E-state index in [-0.39, 0.29) is 5.78 Å². The van der Waals surface area contributed by atoms with E-state index in [0.29, 0.717) is 30.3 Å². The Labute approximate surface area is 122 Å². The van der Waals surface area contributed by atoms with Crippen molar-refractivity contribution in [3.8, 4) is 11.5 Å². The standard InChI is InChI=1S/C16H13ClO3/c17-15(11-4-2-1-3-5-11)16(18)12-6-7-13-14(10-12)20-9-8-19-13/h1-7,10,15H,8-9H2. The molecule has 2 aromatic carbocycles. The maximum absolute atomic E-state index is 12.4. The Morgan fingerprint density at radius 3 is 2.45 bits per heavy atom. The molecule has 0 aliphatic carbocycles. The molecule has 0 radical (unpaired) electrons. The Hall–Kier alpha value is -2.00. The minimum absolute atomic E-state index is 0.144. The molecule has 20 heavy (non-hydrogen) atoms. The number of ether oxygens (including phenoxy) is 2. The normalized spacial score (nSPS) is 14.7. The molecule has 0 spiro atoms. The monoisotopic (exact) mass is 288 g/mol. The number of ketones is 1. The first-order valence-corrected chi connectivity index (χ1v) is 6.82. The number of hydrogen-bond donors (Lipinski definition) is 0. The van der Waals surface area contributed by atoms with Gasteiger partial charge in [0.2, 0.25) is 0 Å². The summed E-state index contributed by atoms with van der Waals surface area (Å²) in [6.45, 7) is 1.02. The van der Waals surface area contributed by atoms with Gasteiger partial charge in [-0.1, -0.05) is 30.3 Å². The van der Waals surface area contributed by atoms with E-state index >= 15 is 0 Å². The van der Waals surface area contributed by atoms with Crippen LogP contribution in [0, 0.1) is 0 Å². The van der Waals surface area contributed by atoms with Crippen LogP contribution in [0.5, 0.6) is 11.5 Å². The van der Waals surface area contributed by atoms with Crippen LogP contribution in [0.2, 0.25) is 0 Å². The van der Waals surface area contributed by atoms with Crippen molar-refractivity contribution in [2.75, 3.05) is 13.2 Å². The van der Waals surface area contributed by atoms with Gasteiger partial charge in [-0.05, 0) is 23.8 Å². The SMILES string of the molecule is O=C(c1ccc2c(c1)OCCO2)C(Cl)c1ccccc1. The summed E-state index contributed by atoms with van der Waals surface area (Å²) in [4.78, 5) is 12.4. The smallest absolute Gasteiger partial charge is 0.185 e. The van der Waals surface area contributed by atoms with E-state index in [2.05, 4.69) is 0 Å². The van der Waals surface area contributed by atoms with Gasteiger partial charge in [-0.2, -0.15) is 0 Å². The third-order valence-electron chi connectivity index (χ3n) is 3.15. The molecule has 0 saturated carbocycles. The van der Waals surface area contributed by atoms with Gasteiger partial charge in [-0.3, -0.25) is 4.79 Å². The molecule has 0 bridgehead atoms. The Morgan fingerprint density at radius 2 is 1.70 bits per heavy atom. The van der Waals surface area contributed by atoms with E-state index in [0.717, 1.165) is 5.56 Å². The predicted octanol–water partition coefficient (Wildman–Crippen LogP) is 3.62. The Balaban J connectivity index is 1.87. The summed E-state index contributed by atoms with van der Waals surface area (Å²) in [6, 6.07) is 14.5. The van der Waals surface area contributed by atoms with Gasteiger partial charge in [-0.15, -0.1) is 11.6 Å². The van der Waals surface area contributed by atoms with Crippen LogP contribution in [-0.2, 0) is 0 Å². The summed E-state index contributed by atoms with van der Waals surface area (Å²) in [5.41, 5.74) is 1.31. The van der Waals surface area contributed by atoms with E-state index in [1.165, 1.54) is 0 Å². The lowest BCUT2D eigenvalue weighted by Crippen LogP contribution is -2.16. The van der Waals surface area contributed by atoms with E-state index in [9.17, 15) is 4.79 Å². The molecule has 0 saturated heterocycles. The van der Waals surface area contributed by atoms with Crippen molar-refractivity contribution in [1.29, 1.82) is 0 Å². The molecule has 2 aromatic rings. The van der Waals surface area contributed by atoms with Gasteiger partial charge in [0.15, 0.2) is 17.3 Å². The average molecular weight is 289 g/mol. The molecule has 0 N–H and O–H groups in total. The summed E-state index contributed by atoms with van der Waals surface area (Å²) >= 11 is 6.25. The van der Waals surface area contributed by atoms with Crippen LogP contribution in [0.15, 0.2) is 48.5 Å². The number of rotatable bonds is 3. The number of hydrogen-bond acceptors (Lipinski definition) is 3. The zero-order valence-corrected chi connectivity index (χ0v) is 11.5. The maximum Gasteiger partial charge on any atom is 0.185 e. The molecule has 1 atom stereocenters. The Morgan fingerprint density at radius 1 is 1.00 bits per heavy atom. The molecule has 1 unspecified atom stereocenters. The fourth-order valence-corrected chi connectivity index (χ4v) is 2.39. The van der Waals surface area contributed by atoms with E-state index in [1.807, 2.05) is 30.3 Å². The largest absolute Gasteiger partial charge is 0.486 e. The molecular formula is C16H13ClO3. The first kappa shape index (κ1) is 13.0. The first-order chi connectivity index (χ1) is 9.75. The molecule has 102 valence electrons. The lowest BCUT2D eigenvalue weighted by molar-refractivity contribution is 0.0986. The molecule has 1 aliphatic rings. The molecule has 0 aromatic heterocycles. The van der Waals surface area contributed by atoms with Crippen LogP contribution in [0.1, 0.15) is 21.3 Å². The van der Waals surface area contributed by atoms with Crippen molar-refractivity contribution < 1.29 is 14.3 Å². The van der Waals surface area contributed by atoms with Crippen LogP contribution in [-0.4, -0.2) is 19.0 Å². The van der Waals surface area contributed by atoms with Crippen LogP contribution >= 0.6 is 11.6 Å². The number of Topliss-reactive ketones (excluding diaryl/α,β-unsaturated/α-hetero) is 1. The second-order valence-corrected chi connectivity index (χ2v) is 4.93. The van der Waals surface area contributed by atoms with Gasteiger partial charge in [0.05, 0.1) is 0 Å². The van der Waals surface area contributed by atoms with Crippen LogP contribution in [0.4, 0.5) is 0 Å². The van der Waals surface area contributed by atoms with Gasteiger partial charge < -0.3 is 9.47 Å². The molecule has 4 heteroatoms. The Bertz CT molecular complexity index is 625. The van der Waals surface area contributed by atoms with E-state index < -0.39 is 5.38 Å². The topological polar surface area (TPSA) is 35.5 Å². The summed E-state index contributed by atoms with van der Waals surface area (Å²) in [6.07, 6.45) is 0. The van der Waals surface area contributed by atoms with Crippen molar-refractivity contribution in [3.63, 3.8) is 0 Å². The van der Waals surface area contributed by atoms with Gasteiger partial charge >= 0.3 is 0 Å². The van der Waals surface area contributed by atoms with Crippen LogP contribution in [0.3, 0.4) is 0 Å². The molecule has 3 rings (SSSR count). The summed E-state index contributed by atoms with van der Waals surface area (Å²) in [7, 11) is 0. The highest BCUT2D eigenvalue weighted by molar-refractivity contribution is 6.33. The quantitative estimate of drug-likeness (QED) is 0.639. The molecule has 0 fully saturated rings. The van der Waals surface area contributed by atoms with E-state index in [4.69, 9.17) is 21.1 Å². The minimum Gasteiger partial charge on any atom is -0.486 e. The summed E-state index contributed by atoms with van der Waals surface area (Å²) in [5, 5.41) is -0.696. The van der Waals surface area contributed by atoms with Gasteiger partial charge in [0, 0.05) is 5.56 Å². The molecule has 0 amide bonds. The molecule has 1 heterocycles. The minimum atomic E-state index is -0.696. The number of halogens is 1. The van der Waals surface area contributed by atoms with Crippen molar-refractivity contribution >= 4 is 17.4 Å². The van der Waals surface area contributed by atoms with Gasteiger partial charge in [-0.25, -0.2) is 0 Å². The second kappa shape index (κ2) is 5.55. The van der Waals surface area contributed by atoms with Crippen molar-refractivity contribution in [2.45, 2.75) is 5.38 Å². The highest BCUT2D eigenvalue weighted by atomic mass is 35.5. The zero-order valence-electron chi connectivity index (χ0n) is 10.7. The fraction of sp³-hybridized carbons (Fsp3) is 0.188. The number of fused-ring (bicyclic) bond motifs is 1. The summed E-state index contributed by atoms with van der Waals surface area (Å²) in [5.74, 6) is 1.12. The van der Waals surface area contributed by atoms with Crippen molar-refractivity contribution in [3.05, 3.63) is 59.7 Å². The average Bonchev–Trinajstić information content (AvgIpc) is 2.54. The number of benzene rings is 2. The van der Waals surface area contributed by atoms with Crippen LogP contribution < -0.4 is 9.47 Å². The molecular weight excluding hydrogens is 276 g/mol. The van der Waals surface area contributed by atoms with Crippen LogP contribution in [0.25, 0.3) is 0 Å². The molecule has 1 aliphatic heterocycles. The zero-order chi connectivity index (χ0) is 13.9. The van der Waals surface area contributed by atoms with Gasteiger partial charge in [0.1, 0.15) is 18.6 Å². The van der Waals surface area contributed by atoms with Crippen molar-refractivity contribution in [1.82, 2.24) is 0 Å². The lowest BCUT2D eigenvalue weighted by Gasteiger charge is -2.19. The number of carbonyl (C=O) groups is 1. The number of alkyl halides is 1. The van der Waals surface area contributed by atoms with E-state index in [1.54, 1.807) is 18.2 Å². The maximum atomic E-state index is 12.4. The predicted molar refractivity (Wildman–Crippen MR) is 76.8 cm³/mol. The third kappa shape index (κ3) is 2.49. The van der Waals surface area contributed by atoms with Crippen molar-refractivity contribution in [2.24, 2.45) is 0 Å². The fourth-order valence-electron chi connectivity index (χ4n) is 2.12. The first-order valence-electron chi connectivity index (χ1n) is 6.38. The van der Waals surface area contributed by atoms with Gasteiger partial charge in [0.25, 0.3) is 0 Å². The second-order valence-electron chi connectivity index (χ2n) is 4.50. The highest BCUT2D eigenvalue weighted by Gasteiger charge is 2.21. The third-order valence-corrected chi connectivity index (χ3v) is 3.60. The highest BCUT2D eigenvalue weighted by Crippen LogP contribution is 2.33. The number of carbonyl (C=O) groups excluding carboxylic acids is 1. The molecule has 3 nitrogen and oxygen atoms in total. The lowest BCUT2D eigenvalue weighted by atomic mass is 10.0. The Kier molecular flexibility index (Phi) is 3.61.